The second-order valence-electron chi connectivity index (χ2n) is 8.35. The zero-order valence-electron chi connectivity index (χ0n) is 18.8. The second kappa shape index (κ2) is 9.33. The standard InChI is InChI=1S/C25H30FN3O2/c1-6-10-29-23-14-22(26)19(13-21(23)17(2)15-25(29,3)4)16-27-28-24(30)12-18-8-7-9-20(11-18)31-5/h7-9,11,13-16H,6,10,12H2,1-5H3,(H,28,30)/b27-16+. The average molecular weight is 424 g/mol. The van der Waals surface area contributed by atoms with Crippen LogP contribution < -0.4 is 15.1 Å². The molecule has 0 fully saturated rings. The van der Waals surface area contributed by atoms with Crippen LogP contribution in [-0.4, -0.2) is 31.3 Å². The summed E-state index contributed by atoms with van der Waals surface area (Å²) in [5.41, 5.74) is 6.42. The SMILES string of the molecule is CCCN1c2cc(F)c(/C=N/NC(=O)Cc3cccc(OC)c3)cc2C(C)=CC1(C)C. The zero-order valence-corrected chi connectivity index (χ0v) is 18.8. The van der Waals surface area contributed by atoms with Crippen LogP contribution in [-0.2, 0) is 11.2 Å². The Kier molecular flexibility index (Phi) is 6.78. The molecule has 0 spiro atoms. The Morgan fingerprint density at radius 1 is 1.29 bits per heavy atom. The smallest absolute Gasteiger partial charge is 0.244 e. The van der Waals surface area contributed by atoms with Crippen LogP contribution in [0, 0.1) is 5.82 Å². The van der Waals surface area contributed by atoms with Gasteiger partial charge in [-0.2, -0.15) is 5.10 Å². The van der Waals surface area contributed by atoms with Crippen molar-refractivity contribution in [2.75, 3.05) is 18.6 Å². The quantitative estimate of drug-likeness (QED) is 0.507. The first kappa shape index (κ1) is 22.5. The summed E-state index contributed by atoms with van der Waals surface area (Å²) >= 11 is 0. The Morgan fingerprint density at radius 2 is 2.06 bits per heavy atom. The van der Waals surface area contributed by atoms with Gasteiger partial charge in [-0.15, -0.1) is 0 Å². The first-order valence-electron chi connectivity index (χ1n) is 10.5. The van der Waals surface area contributed by atoms with Crippen molar-refractivity contribution in [2.45, 2.75) is 46.1 Å². The lowest BCUT2D eigenvalue weighted by Gasteiger charge is -2.43. The van der Waals surface area contributed by atoms with Gasteiger partial charge in [0.15, 0.2) is 0 Å². The monoisotopic (exact) mass is 423 g/mol. The molecule has 3 rings (SSSR count). The second-order valence-corrected chi connectivity index (χ2v) is 8.35. The predicted octanol–water partition coefficient (Wildman–Crippen LogP) is 4.94. The molecule has 0 saturated carbocycles. The Bertz CT molecular complexity index is 1030. The number of allylic oxidation sites excluding steroid dienone is 1. The minimum absolute atomic E-state index is 0.157. The Labute approximate surface area is 183 Å². The number of nitrogens with zero attached hydrogens (tertiary/aromatic N) is 2. The van der Waals surface area contributed by atoms with Crippen molar-refractivity contribution in [3.63, 3.8) is 0 Å². The molecule has 1 aliphatic heterocycles. The fourth-order valence-electron chi connectivity index (χ4n) is 4.03. The molecule has 1 heterocycles. The van der Waals surface area contributed by atoms with Gasteiger partial charge in [-0.05, 0) is 62.6 Å². The molecule has 6 heteroatoms. The number of carbonyl (C=O) groups excluding carboxylic acids is 1. The number of ether oxygens (including phenoxy) is 1. The van der Waals surface area contributed by atoms with Crippen LogP contribution in [0.3, 0.4) is 0 Å². The average Bonchev–Trinajstić information content (AvgIpc) is 2.71. The lowest BCUT2D eigenvalue weighted by molar-refractivity contribution is -0.120. The number of hydrogen-bond donors (Lipinski definition) is 1. The number of hydrogen-bond acceptors (Lipinski definition) is 4. The van der Waals surface area contributed by atoms with Crippen molar-refractivity contribution < 1.29 is 13.9 Å². The first-order valence-corrected chi connectivity index (χ1v) is 10.5. The first-order chi connectivity index (χ1) is 14.7. The number of methoxy groups -OCH3 is 1. The molecule has 1 N–H and O–H groups in total. The molecule has 5 nitrogen and oxygen atoms in total. The van der Waals surface area contributed by atoms with E-state index in [2.05, 4.69) is 42.3 Å². The van der Waals surface area contributed by atoms with E-state index in [-0.39, 0.29) is 23.7 Å². The van der Waals surface area contributed by atoms with Crippen molar-refractivity contribution in [2.24, 2.45) is 5.10 Å². The summed E-state index contributed by atoms with van der Waals surface area (Å²) in [7, 11) is 1.58. The van der Waals surface area contributed by atoms with Crippen LogP contribution in [0.15, 0.2) is 47.6 Å². The van der Waals surface area contributed by atoms with Crippen LogP contribution in [0.2, 0.25) is 0 Å². The summed E-state index contributed by atoms with van der Waals surface area (Å²) in [4.78, 5) is 14.4. The molecular formula is C25H30FN3O2. The maximum atomic E-state index is 14.9. The van der Waals surface area contributed by atoms with E-state index >= 15 is 0 Å². The van der Waals surface area contributed by atoms with Crippen molar-refractivity contribution in [3.05, 3.63) is 65.0 Å². The highest BCUT2D eigenvalue weighted by atomic mass is 19.1. The number of nitrogens with one attached hydrogen (secondary N) is 1. The van der Waals surface area contributed by atoms with E-state index in [9.17, 15) is 9.18 Å². The van der Waals surface area contributed by atoms with Crippen molar-refractivity contribution >= 4 is 23.4 Å². The van der Waals surface area contributed by atoms with Gasteiger partial charge in [0.25, 0.3) is 0 Å². The van der Waals surface area contributed by atoms with Crippen molar-refractivity contribution in [1.82, 2.24) is 5.43 Å². The molecular weight excluding hydrogens is 393 g/mol. The maximum Gasteiger partial charge on any atom is 0.244 e. The van der Waals surface area contributed by atoms with E-state index in [0.29, 0.717) is 11.3 Å². The summed E-state index contributed by atoms with van der Waals surface area (Å²) in [6.07, 6.45) is 4.69. The van der Waals surface area contributed by atoms with E-state index in [4.69, 9.17) is 4.74 Å². The molecule has 0 unspecified atom stereocenters. The Morgan fingerprint density at radius 3 is 2.77 bits per heavy atom. The van der Waals surface area contributed by atoms with Crippen LogP contribution in [0.4, 0.5) is 10.1 Å². The summed E-state index contributed by atoms with van der Waals surface area (Å²) in [6, 6.07) is 10.7. The number of anilines is 1. The van der Waals surface area contributed by atoms with Crippen molar-refractivity contribution in [1.29, 1.82) is 0 Å². The normalized spacial score (nSPS) is 14.9. The molecule has 0 aliphatic carbocycles. The molecule has 0 aromatic heterocycles. The predicted molar refractivity (Wildman–Crippen MR) is 124 cm³/mol. The molecule has 0 atom stereocenters. The summed E-state index contributed by atoms with van der Waals surface area (Å²) in [5, 5.41) is 3.97. The van der Waals surface area contributed by atoms with Crippen molar-refractivity contribution in [3.8, 4) is 5.75 Å². The molecule has 164 valence electrons. The summed E-state index contributed by atoms with van der Waals surface area (Å²) in [5.74, 6) is 0.0413. The lowest BCUT2D eigenvalue weighted by atomic mass is 9.88. The molecule has 1 amide bonds. The number of rotatable bonds is 7. The summed E-state index contributed by atoms with van der Waals surface area (Å²) in [6.45, 7) is 9.28. The van der Waals surface area contributed by atoms with Gasteiger partial charge < -0.3 is 9.64 Å². The fraction of sp³-hybridized carbons (Fsp3) is 0.360. The molecule has 2 aromatic carbocycles. The van der Waals surface area contributed by atoms with Gasteiger partial charge in [0.05, 0.1) is 25.3 Å². The van der Waals surface area contributed by atoms with E-state index < -0.39 is 0 Å². The van der Waals surface area contributed by atoms with Gasteiger partial charge in [-0.1, -0.05) is 25.1 Å². The highest BCUT2D eigenvalue weighted by Gasteiger charge is 2.31. The number of carbonyl (C=O) groups is 1. The van der Waals surface area contributed by atoms with Crippen LogP contribution in [0.1, 0.15) is 50.8 Å². The largest absolute Gasteiger partial charge is 0.497 e. The minimum atomic E-state index is -0.365. The van der Waals surface area contributed by atoms with Gasteiger partial charge in [0.2, 0.25) is 5.91 Å². The molecule has 1 aliphatic rings. The van der Waals surface area contributed by atoms with Gasteiger partial charge in [-0.25, -0.2) is 9.82 Å². The molecule has 31 heavy (non-hydrogen) atoms. The summed E-state index contributed by atoms with van der Waals surface area (Å²) < 4.78 is 20.0. The molecule has 0 saturated heterocycles. The van der Waals surface area contributed by atoms with E-state index in [1.807, 2.05) is 25.1 Å². The Balaban J connectivity index is 1.76. The minimum Gasteiger partial charge on any atom is -0.497 e. The molecule has 0 radical (unpaired) electrons. The molecule has 2 aromatic rings. The highest BCUT2D eigenvalue weighted by Crippen LogP contribution is 2.39. The van der Waals surface area contributed by atoms with Gasteiger partial charge in [0.1, 0.15) is 11.6 Å². The van der Waals surface area contributed by atoms with Crippen LogP contribution in [0.25, 0.3) is 5.57 Å². The van der Waals surface area contributed by atoms with Gasteiger partial charge in [-0.3, -0.25) is 4.79 Å². The topological polar surface area (TPSA) is 53.9 Å². The van der Waals surface area contributed by atoms with E-state index in [1.54, 1.807) is 25.3 Å². The zero-order chi connectivity index (χ0) is 22.6. The third kappa shape index (κ3) is 5.13. The number of fused-ring (bicyclic) bond motifs is 1. The Hall–Kier alpha value is -3.15. The lowest BCUT2D eigenvalue weighted by Crippen LogP contribution is -2.45. The van der Waals surface area contributed by atoms with E-state index in [1.165, 1.54) is 6.21 Å². The van der Waals surface area contributed by atoms with Crippen LogP contribution >= 0.6 is 0 Å². The number of benzene rings is 2. The fourth-order valence-corrected chi connectivity index (χ4v) is 4.03. The van der Waals surface area contributed by atoms with Crippen LogP contribution in [0.5, 0.6) is 5.75 Å². The third-order valence-corrected chi connectivity index (χ3v) is 5.43. The molecule has 0 bridgehead atoms. The number of hydrazone groups is 1. The van der Waals surface area contributed by atoms with Gasteiger partial charge >= 0.3 is 0 Å². The third-order valence-electron chi connectivity index (χ3n) is 5.43. The highest BCUT2D eigenvalue weighted by molar-refractivity contribution is 5.89. The van der Waals surface area contributed by atoms with E-state index in [0.717, 1.165) is 35.4 Å². The number of halogens is 1. The maximum absolute atomic E-state index is 14.9. The van der Waals surface area contributed by atoms with Gasteiger partial charge in [0, 0.05) is 23.4 Å². The number of amides is 1.